The number of aromatic nitrogens is 1. The molecule has 134 valence electrons. The van der Waals surface area contributed by atoms with E-state index in [0.717, 1.165) is 6.20 Å². The first-order chi connectivity index (χ1) is 11.7. The van der Waals surface area contributed by atoms with Crippen LogP contribution in [0.25, 0.3) is 5.57 Å². The van der Waals surface area contributed by atoms with Gasteiger partial charge in [-0.25, -0.2) is 14.2 Å². The summed E-state index contributed by atoms with van der Waals surface area (Å²) in [5, 5.41) is 10.1. The van der Waals surface area contributed by atoms with Gasteiger partial charge in [-0.3, -0.25) is 0 Å². The van der Waals surface area contributed by atoms with E-state index >= 15 is 0 Å². The molecule has 0 amide bonds. The number of ether oxygens (including phenoxy) is 3. The highest BCUT2D eigenvalue weighted by molar-refractivity contribution is 5.78. The van der Waals surface area contributed by atoms with Gasteiger partial charge in [-0.05, 0) is 38.5 Å². The van der Waals surface area contributed by atoms with E-state index in [9.17, 15) is 14.3 Å². The maximum atomic E-state index is 14.1. The first-order valence-corrected chi connectivity index (χ1v) is 7.58. The van der Waals surface area contributed by atoms with E-state index in [1.54, 1.807) is 26.8 Å². The Balaban J connectivity index is 2.33. The van der Waals surface area contributed by atoms with E-state index < -0.39 is 23.7 Å². The Morgan fingerprint density at radius 2 is 2.08 bits per heavy atom. The molecule has 0 radical (unpaired) electrons. The van der Waals surface area contributed by atoms with Crippen LogP contribution < -0.4 is 4.74 Å². The molecule has 0 bridgehead atoms. The lowest BCUT2D eigenvalue weighted by molar-refractivity contribution is -0.000594. The second kappa shape index (κ2) is 7.48. The van der Waals surface area contributed by atoms with Crippen molar-refractivity contribution in [2.45, 2.75) is 32.5 Å². The highest BCUT2D eigenvalue weighted by Gasteiger charge is 2.23. The molecule has 1 unspecified atom stereocenters. The number of aliphatic hydroxyl groups excluding tert-OH is 1. The number of hydrogen-bond acceptors (Lipinski definition) is 6. The molecular formula is C18H20FNO5. The number of hydrogen-bond donors (Lipinski definition) is 1. The molecule has 1 heterocycles. The van der Waals surface area contributed by atoms with Gasteiger partial charge in [0.1, 0.15) is 23.3 Å². The molecule has 7 heteroatoms. The number of methoxy groups -OCH3 is 1. The van der Waals surface area contributed by atoms with Crippen LogP contribution in [0.5, 0.6) is 5.88 Å². The largest absolute Gasteiger partial charge is 0.514 e. The molecule has 0 spiro atoms. The Labute approximate surface area is 145 Å². The zero-order valence-corrected chi connectivity index (χ0v) is 14.4. The Morgan fingerprint density at radius 3 is 2.72 bits per heavy atom. The standard InChI is InChI=1S/C18H20FNO5/c1-18(2,3)25-17(22)24-15-8-11(6-5-7-14(15)21)12-9-16(23-4)20-10-13(12)19/h5-10,14,21H,1-4H3. The van der Waals surface area contributed by atoms with Crippen molar-refractivity contribution in [3.8, 4) is 5.88 Å². The van der Waals surface area contributed by atoms with E-state index in [1.165, 1.54) is 31.4 Å². The van der Waals surface area contributed by atoms with Gasteiger partial charge in [0, 0.05) is 11.6 Å². The second-order valence-corrected chi connectivity index (χ2v) is 6.27. The van der Waals surface area contributed by atoms with Crippen LogP contribution in [-0.4, -0.2) is 35.1 Å². The number of rotatable bonds is 3. The van der Waals surface area contributed by atoms with Crippen molar-refractivity contribution in [2.24, 2.45) is 0 Å². The van der Waals surface area contributed by atoms with Crippen molar-refractivity contribution < 1.29 is 28.5 Å². The van der Waals surface area contributed by atoms with Crippen LogP contribution >= 0.6 is 0 Å². The zero-order valence-electron chi connectivity index (χ0n) is 14.4. The quantitative estimate of drug-likeness (QED) is 0.843. The van der Waals surface area contributed by atoms with Crippen molar-refractivity contribution >= 4 is 11.7 Å². The minimum Gasteiger partial charge on any atom is -0.481 e. The van der Waals surface area contributed by atoms with Crippen LogP contribution in [0.3, 0.4) is 0 Å². The monoisotopic (exact) mass is 349 g/mol. The molecule has 0 saturated carbocycles. The fraction of sp³-hybridized carbons (Fsp3) is 0.333. The molecule has 1 aliphatic rings. The lowest BCUT2D eigenvalue weighted by Gasteiger charge is -2.20. The molecule has 1 aromatic rings. The average Bonchev–Trinajstić information content (AvgIpc) is 2.68. The Hall–Kier alpha value is -2.67. The summed E-state index contributed by atoms with van der Waals surface area (Å²) < 4.78 is 29.3. The van der Waals surface area contributed by atoms with Gasteiger partial charge in [0.2, 0.25) is 5.88 Å². The lowest BCUT2D eigenvalue weighted by atomic mass is 10.1. The highest BCUT2D eigenvalue weighted by atomic mass is 19.1. The topological polar surface area (TPSA) is 77.9 Å². The number of pyridine rings is 1. The zero-order chi connectivity index (χ0) is 18.6. The Morgan fingerprint density at radius 1 is 1.36 bits per heavy atom. The Kier molecular flexibility index (Phi) is 5.58. The first kappa shape index (κ1) is 18.7. The number of aliphatic hydroxyl groups is 1. The summed E-state index contributed by atoms with van der Waals surface area (Å²) in [6, 6.07) is 1.41. The molecule has 1 aliphatic carbocycles. The van der Waals surface area contributed by atoms with Crippen LogP contribution in [0, 0.1) is 5.82 Å². The van der Waals surface area contributed by atoms with Crippen molar-refractivity contribution in [1.29, 1.82) is 0 Å². The third-order valence-electron chi connectivity index (χ3n) is 3.10. The number of carbonyl (C=O) groups is 1. The number of carbonyl (C=O) groups excluding carboxylic acids is 1. The third-order valence-corrected chi connectivity index (χ3v) is 3.10. The van der Waals surface area contributed by atoms with Crippen LogP contribution in [0.15, 0.2) is 42.3 Å². The molecule has 1 atom stereocenters. The molecule has 1 N–H and O–H groups in total. The minimum absolute atomic E-state index is 0.0792. The molecule has 0 fully saturated rings. The minimum atomic E-state index is -1.17. The number of nitrogens with zero attached hydrogens (tertiary/aromatic N) is 1. The predicted molar refractivity (Wildman–Crippen MR) is 89.3 cm³/mol. The first-order valence-electron chi connectivity index (χ1n) is 7.58. The molecule has 6 nitrogen and oxygen atoms in total. The van der Waals surface area contributed by atoms with E-state index in [4.69, 9.17) is 14.2 Å². The van der Waals surface area contributed by atoms with Crippen molar-refractivity contribution in [3.63, 3.8) is 0 Å². The summed E-state index contributed by atoms with van der Waals surface area (Å²) in [6.45, 7) is 5.07. The molecule has 0 aromatic carbocycles. The van der Waals surface area contributed by atoms with Crippen LogP contribution in [0.1, 0.15) is 26.3 Å². The van der Waals surface area contributed by atoms with E-state index in [2.05, 4.69) is 4.98 Å². The normalized spacial score (nSPS) is 17.3. The van der Waals surface area contributed by atoms with Gasteiger partial charge in [-0.1, -0.05) is 12.2 Å². The molecule has 2 rings (SSSR count). The van der Waals surface area contributed by atoms with Gasteiger partial charge in [0.05, 0.1) is 13.3 Å². The van der Waals surface area contributed by atoms with Crippen LogP contribution in [0.4, 0.5) is 9.18 Å². The smallest absolute Gasteiger partial charge is 0.481 e. The number of halogens is 1. The van der Waals surface area contributed by atoms with Gasteiger partial charge in [-0.2, -0.15) is 0 Å². The van der Waals surface area contributed by atoms with E-state index in [-0.39, 0.29) is 17.2 Å². The maximum absolute atomic E-state index is 14.1. The highest BCUT2D eigenvalue weighted by Crippen LogP contribution is 2.27. The van der Waals surface area contributed by atoms with Crippen molar-refractivity contribution in [2.75, 3.05) is 7.11 Å². The van der Waals surface area contributed by atoms with Gasteiger partial charge in [-0.15, -0.1) is 0 Å². The summed E-state index contributed by atoms with van der Waals surface area (Å²) in [6.07, 6.45) is 4.78. The summed E-state index contributed by atoms with van der Waals surface area (Å²) in [5.41, 5.74) is -0.174. The van der Waals surface area contributed by atoms with Crippen molar-refractivity contribution in [1.82, 2.24) is 4.98 Å². The molecule has 1 aromatic heterocycles. The fourth-order valence-electron chi connectivity index (χ4n) is 2.02. The van der Waals surface area contributed by atoms with Crippen molar-refractivity contribution in [3.05, 3.63) is 53.7 Å². The van der Waals surface area contributed by atoms with Gasteiger partial charge in [0.25, 0.3) is 0 Å². The van der Waals surface area contributed by atoms with Gasteiger partial charge < -0.3 is 19.3 Å². The lowest BCUT2D eigenvalue weighted by Crippen LogP contribution is -2.25. The van der Waals surface area contributed by atoms with Crippen LogP contribution in [-0.2, 0) is 9.47 Å². The average molecular weight is 349 g/mol. The molecule has 25 heavy (non-hydrogen) atoms. The SMILES string of the molecule is COc1cc(C2=CC=CC(O)C(OC(=O)OC(C)(C)C)=C2)c(F)cn1. The van der Waals surface area contributed by atoms with Gasteiger partial charge >= 0.3 is 6.16 Å². The fourth-order valence-corrected chi connectivity index (χ4v) is 2.02. The van der Waals surface area contributed by atoms with Gasteiger partial charge in [0.15, 0.2) is 0 Å². The van der Waals surface area contributed by atoms with E-state index in [1.807, 2.05) is 0 Å². The predicted octanol–water partition coefficient (Wildman–Crippen LogP) is 3.38. The second-order valence-electron chi connectivity index (χ2n) is 6.27. The summed E-state index contributed by atoms with van der Waals surface area (Å²) in [5.74, 6) is -0.428. The third kappa shape index (κ3) is 5.15. The van der Waals surface area contributed by atoms with Crippen LogP contribution in [0.2, 0.25) is 0 Å². The Bertz CT molecular complexity index is 746. The molecule has 0 aliphatic heterocycles. The molecular weight excluding hydrogens is 329 g/mol. The summed E-state index contributed by atoms with van der Waals surface area (Å²) in [4.78, 5) is 15.6. The maximum Gasteiger partial charge on any atom is 0.514 e. The number of allylic oxidation sites excluding steroid dienone is 4. The summed E-state index contributed by atoms with van der Waals surface area (Å²) >= 11 is 0. The van der Waals surface area contributed by atoms with E-state index in [0.29, 0.717) is 5.57 Å². The summed E-state index contributed by atoms with van der Waals surface area (Å²) in [7, 11) is 1.42. The molecule has 0 saturated heterocycles.